The Morgan fingerprint density at radius 1 is 1.00 bits per heavy atom. The summed E-state index contributed by atoms with van der Waals surface area (Å²) < 4.78 is 63.2. The van der Waals surface area contributed by atoms with Gasteiger partial charge < -0.3 is 19.5 Å². The molecule has 0 bridgehead atoms. The summed E-state index contributed by atoms with van der Waals surface area (Å²) in [6.07, 6.45) is 2.98. The molecule has 0 aliphatic heterocycles. The van der Waals surface area contributed by atoms with Gasteiger partial charge in [0.25, 0.3) is 0 Å². The minimum Gasteiger partial charge on any atom is -0.493 e. The molecular formula is C20H19F4NO4. The summed E-state index contributed by atoms with van der Waals surface area (Å²) in [5, 5.41) is 2.64. The first-order chi connectivity index (χ1) is 13.9. The highest BCUT2D eigenvalue weighted by molar-refractivity contribution is 5.92. The maximum atomic E-state index is 12.4. The molecule has 156 valence electrons. The zero-order chi connectivity index (χ0) is 21.2. The van der Waals surface area contributed by atoms with Crippen LogP contribution in [-0.2, 0) is 11.2 Å². The van der Waals surface area contributed by atoms with Gasteiger partial charge in [-0.25, -0.2) is 0 Å². The average Bonchev–Trinajstić information content (AvgIpc) is 2.67. The molecule has 0 aromatic heterocycles. The molecule has 0 saturated heterocycles. The van der Waals surface area contributed by atoms with Gasteiger partial charge in [-0.05, 0) is 36.3 Å². The van der Waals surface area contributed by atoms with Crippen molar-refractivity contribution in [1.82, 2.24) is 5.32 Å². The Bertz CT molecular complexity index is 843. The first-order valence-corrected chi connectivity index (χ1v) is 8.50. The quantitative estimate of drug-likeness (QED) is 0.467. The Hall–Kier alpha value is -3.23. The second-order valence-corrected chi connectivity index (χ2v) is 5.65. The van der Waals surface area contributed by atoms with Gasteiger partial charge in [0, 0.05) is 18.2 Å². The number of carbonyl (C=O) groups excluding carboxylic acids is 1. The van der Waals surface area contributed by atoms with E-state index in [2.05, 4.69) is 14.8 Å². The van der Waals surface area contributed by atoms with Crippen molar-refractivity contribution in [1.29, 1.82) is 0 Å². The molecule has 0 aliphatic rings. The Morgan fingerprint density at radius 3 is 2.38 bits per heavy atom. The van der Waals surface area contributed by atoms with Crippen LogP contribution in [0.2, 0.25) is 0 Å². The van der Waals surface area contributed by atoms with Gasteiger partial charge in [0.05, 0.1) is 7.11 Å². The summed E-state index contributed by atoms with van der Waals surface area (Å²) in [5.41, 5.74) is 1.07. The smallest absolute Gasteiger partial charge is 0.387 e. The van der Waals surface area contributed by atoms with Crippen LogP contribution in [0, 0.1) is 0 Å². The average molecular weight is 413 g/mol. The monoisotopic (exact) mass is 413 g/mol. The van der Waals surface area contributed by atoms with Crippen LogP contribution in [0.4, 0.5) is 17.6 Å². The number of amides is 1. The molecule has 1 amide bonds. The van der Waals surface area contributed by atoms with Gasteiger partial charge in [-0.2, -0.15) is 17.6 Å². The van der Waals surface area contributed by atoms with E-state index < -0.39 is 19.1 Å². The second kappa shape index (κ2) is 10.9. The molecule has 5 nitrogen and oxygen atoms in total. The van der Waals surface area contributed by atoms with Crippen LogP contribution in [0.5, 0.6) is 17.2 Å². The van der Waals surface area contributed by atoms with Crippen molar-refractivity contribution >= 4 is 12.0 Å². The highest BCUT2D eigenvalue weighted by Crippen LogP contribution is 2.29. The minimum absolute atomic E-state index is 0.0373. The standard InChI is InChI=1S/C20H19F4NO4/c1-27-17-12-13(6-8-16(17)29-20(23)24)10-11-25-18(26)9-7-14-4-2-3-5-15(14)28-19(21)22/h2-9,12,19-20H,10-11H2,1H3,(H,25,26)/b9-7+. The summed E-state index contributed by atoms with van der Waals surface area (Å²) in [7, 11) is 1.33. The summed E-state index contributed by atoms with van der Waals surface area (Å²) >= 11 is 0. The SMILES string of the molecule is COc1cc(CCNC(=O)/C=C/c2ccccc2OC(F)F)ccc1OC(F)F. The van der Waals surface area contributed by atoms with E-state index in [4.69, 9.17) is 4.74 Å². The van der Waals surface area contributed by atoms with Crippen molar-refractivity contribution in [3.63, 3.8) is 0 Å². The van der Waals surface area contributed by atoms with Crippen molar-refractivity contribution < 1.29 is 36.6 Å². The molecular weight excluding hydrogens is 394 g/mol. The molecule has 2 rings (SSSR count). The molecule has 2 aromatic rings. The predicted molar refractivity (Wildman–Crippen MR) is 98.4 cm³/mol. The van der Waals surface area contributed by atoms with Gasteiger partial charge in [0.15, 0.2) is 11.5 Å². The summed E-state index contributed by atoms with van der Waals surface area (Å²) in [6, 6.07) is 10.6. The molecule has 0 saturated carbocycles. The lowest BCUT2D eigenvalue weighted by Crippen LogP contribution is -2.23. The Labute approximate surface area is 164 Å². The van der Waals surface area contributed by atoms with Gasteiger partial charge >= 0.3 is 13.2 Å². The van der Waals surface area contributed by atoms with E-state index in [1.807, 2.05) is 0 Å². The molecule has 0 aliphatic carbocycles. The van der Waals surface area contributed by atoms with Crippen LogP contribution >= 0.6 is 0 Å². The van der Waals surface area contributed by atoms with Crippen molar-refractivity contribution in [2.75, 3.05) is 13.7 Å². The van der Waals surface area contributed by atoms with E-state index >= 15 is 0 Å². The zero-order valence-electron chi connectivity index (χ0n) is 15.4. The third kappa shape index (κ3) is 7.36. The topological polar surface area (TPSA) is 56.8 Å². The second-order valence-electron chi connectivity index (χ2n) is 5.65. The zero-order valence-corrected chi connectivity index (χ0v) is 15.4. The number of methoxy groups -OCH3 is 1. The fraction of sp³-hybridized carbons (Fsp3) is 0.250. The fourth-order valence-electron chi connectivity index (χ4n) is 2.44. The normalized spacial score (nSPS) is 11.1. The van der Waals surface area contributed by atoms with E-state index in [1.165, 1.54) is 43.5 Å². The first-order valence-electron chi connectivity index (χ1n) is 8.50. The van der Waals surface area contributed by atoms with Crippen molar-refractivity contribution in [3.8, 4) is 17.2 Å². The van der Waals surface area contributed by atoms with Crippen LogP contribution in [0.3, 0.4) is 0 Å². The van der Waals surface area contributed by atoms with Gasteiger partial charge in [-0.1, -0.05) is 24.3 Å². The molecule has 29 heavy (non-hydrogen) atoms. The molecule has 0 unspecified atom stereocenters. The fourth-order valence-corrected chi connectivity index (χ4v) is 2.44. The Morgan fingerprint density at radius 2 is 1.69 bits per heavy atom. The van der Waals surface area contributed by atoms with Crippen molar-refractivity contribution in [2.24, 2.45) is 0 Å². The molecule has 2 aromatic carbocycles. The highest BCUT2D eigenvalue weighted by atomic mass is 19.3. The third-order valence-corrected chi connectivity index (χ3v) is 3.71. The Kier molecular flexibility index (Phi) is 8.32. The number of alkyl halides is 4. The highest BCUT2D eigenvalue weighted by Gasteiger charge is 2.11. The number of nitrogens with one attached hydrogen (secondary N) is 1. The van der Waals surface area contributed by atoms with E-state index in [-0.39, 0.29) is 23.8 Å². The third-order valence-electron chi connectivity index (χ3n) is 3.71. The largest absolute Gasteiger partial charge is 0.493 e. The van der Waals surface area contributed by atoms with Gasteiger partial charge in [0.2, 0.25) is 5.91 Å². The van der Waals surface area contributed by atoms with Crippen molar-refractivity contribution in [3.05, 3.63) is 59.7 Å². The van der Waals surface area contributed by atoms with Crippen LogP contribution in [-0.4, -0.2) is 32.8 Å². The van der Waals surface area contributed by atoms with E-state index in [0.29, 0.717) is 12.0 Å². The number of benzene rings is 2. The van der Waals surface area contributed by atoms with Crippen LogP contribution < -0.4 is 19.5 Å². The number of hydrogen-bond donors (Lipinski definition) is 1. The Balaban J connectivity index is 1.89. The van der Waals surface area contributed by atoms with E-state index in [1.54, 1.807) is 18.2 Å². The number of hydrogen-bond acceptors (Lipinski definition) is 4. The summed E-state index contributed by atoms with van der Waals surface area (Å²) in [4.78, 5) is 11.9. The lowest BCUT2D eigenvalue weighted by atomic mass is 10.1. The van der Waals surface area contributed by atoms with Gasteiger partial charge in [-0.15, -0.1) is 0 Å². The number of ether oxygens (including phenoxy) is 3. The molecule has 0 heterocycles. The summed E-state index contributed by atoms with van der Waals surface area (Å²) in [6.45, 7) is -5.67. The predicted octanol–water partition coefficient (Wildman–Crippen LogP) is 4.27. The van der Waals surface area contributed by atoms with Crippen LogP contribution in [0.25, 0.3) is 6.08 Å². The number of carbonyl (C=O) groups is 1. The number of halogens is 4. The van der Waals surface area contributed by atoms with E-state index in [9.17, 15) is 22.4 Å². The minimum atomic E-state index is -2.96. The number of para-hydroxylation sites is 1. The van der Waals surface area contributed by atoms with Gasteiger partial charge in [0.1, 0.15) is 5.75 Å². The lowest BCUT2D eigenvalue weighted by molar-refractivity contribution is -0.116. The van der Waals surface area contributed by atoms with Crippen molar-refractivity contribution in [2.45, 2.75) is 19.6 Å². The molecule has 1 N–H and O–H groups in total. The van der Waals surface area contributed by atoms with Gasteiger partial charge in [-0.3, -0.25) is 4.79 Å². The van der Waals surface area contributed by atoms with Crippen LogP contribution in [0.15, 0.2) is 48.5 Å². The molecule has 0 radical (unpaired) electrons. The lowest BCUT2D eigenvalue weighted by Gasteiger charge is -2.11. The molecule has 9 heteroatoms. The molecule has 0 atom stereocenters. The molecule has 0 spiro atoms. The van der Waals surface area contributed by atoms with Crippen LogP contribution in [0.1, 0.15) is 11.1 Å². The molecule has 0 fully saturated rings. The number of rotatable bonds is 10. The first kappa shape index (κ1) is 22.1. The summed E-state index contributed by atoms with van der Waals surface area (Å²) in [5.74, 6) is -0.390. The maximum absolute atomic E-state index is 12.4. The maximum Gasteiger partial charge on any atom is 0.387 e. The van der Waals surface area contributed by atoms with E-state index in [0.717, 1.165) is 5.56 Å².